The summed E-state index contributed by atoms with van der Waals surface area (Å²) in [6, 6.07) is 10.7. The first-order chi connectivity index (χ1) is 12.5. The van der Waals surface area contributed by atoms with Gasteiger partial charge in [0, 0.05) is 16.5 Å². The van der Waals surface area contributed by atoms with Crippen molar-refractivity contribution in [1.82, 2.24) is 4.90 Å². The van der Waals surface area contributed by atoms with E-state index in [-0.39, 0.29) is 23.5 Å². The third-order valence-corrected chi connectivity index (χ3v) is 7.00. The highest BCUT2D eigenvalue weighted by Gasteiger charge is 2.35. The van der Waals surface area contributed by atoms with Crippen LogP contribution in [0.25, 0.3) is 0 Å². The lowest BCUT2D eigenvalue weighted by molar-refractivity contribution is 0.0683. The molecule has 1 atom stereocenters. The normalized spacial score (nSPS) is 18.6. The Hall–Kier alpha value is -1.86. The predicted molar refractivity (Wildman–Crippen MR) is 103 cm³/mol. The van der Waals surface area contributed by atoms with Gasteiger partial charge in [0.2, 0.25) is 0 Å². The van der Waals surface area contributed by atoms with Crippen LogP contribution in [0.4, 0.5) is 0 Å². The molecule has 7 heteroatoms. The third kappa shape index (κ3) is 4.65. The molecule has 1 amide bonds. The van der Waals surface area contributed by atoms with E-state index in [4.69, 9.17) is 4.74 Å². The van der Waals surface area contributed by atoms with Crippen LogP contribution in [-0.2, 0) is 16.4 Å². The Kier molecular flexibility index (Phi) is 5.98. The van der Waals surface area contributed by atoms with Gasteiger partial charge < -0.3 is 9.64 Å². The highest BCUT2D eigenvalue weighted by molar-refractivity contribution is 7.91. The first kappa shape index (κ1) is 18.9. The maximum absolute atomic E-state index is 13.1. The number of thiophene rings is 1. The molecule has 5 nitrogen and oxygen atoms in total. The molecule has 0 aliphatic carbocycles. The average Bonchev–Trinajstić information content (AvgIpc) is 3.27. The molecule has 3 rings (SSSR count). The Balaban J connectivity index is 1.80. The van der Waals surface area contributed by atoms with Crippen LogP contribution in [0.5, 0.6) is 5.75 Å². The Morgan fingerprint density at radius 1 is 1.27 bits per heavy atom. The average molecular weight is 394 g/mol. The second-order valence-electron chi connectivity index (χ2n) is 6.44. The van der Waals surface area contributed by atoms with Gasteiger partial charge in [-0.15, -0.1) is 11.3 Å². The van der Waals surface area contributed by atoms with Gasteiger partial charge in [-0.2, -0.15) is 0 Å². The van der Waals surface area contributed by atoms with Gasteiger partial charge in [0.15, 0.2) is 9.84 Å². The van der Waals surface area contributed by atoms with Crippen LogP contribution in [-0.4, -0.2) is 43.4 Å². The molecule has 2 heterocycles. The number of ether oxygens (including phenoxy) is 1. The molecule has 0 unspecified atom stereocenters. The van der Waals surface area contributed by atoms with E-state index in [1.165, 1.54) is 0 Å². The smallest absolute Gasteiger partial charge is 0.254 e. The molecule has 0 spiro atoms. The molecule has 1 fully saturated rings. The largest absolute Gasteiger partial charge is 0.494 e. The van der Waals surface area contributed by atoms with E-state index >= 15 is 0 Å². The fourth-order valence-electron chi connectivity index (χ4n) is 3.04. The molecule has 1 aliphatic rings. The van der Waals surface area contributed by atoms with Crippen molar-refractivity contribution in [3.05, 3.63) is 52.2 Å². The van der Waals surface area contributed by atoms with Gasteiger partial charge in [-0.3, -0.25) is 4.79 Å². The maximum atomic E-state index is 13.1. The minimum atomic E-state index is -3.06. The van der Waals surface area contributed by atoms with Crippen molar-refractivity contribution in [3.8, 4) is 5.75 Å². The standard InChI is InChI=1S/C19H23NO4S2/c1-2-10-24-17-7-5-15(6-8-17)19(21)20(13-18-4-3-11-25-18)16-9-12-26(22,23)14-16/h3-8,11,16H,2,9-10,12-14H2,1H3/t16-/m1/s1. The number of amides is 1. The summed E-state index contributed by atoms with van der Waals surface area (Å²) in [7, 11) is -3.06. The van der Waals surface area contributed by atoms with Crippen LogP contribution in [0.15, 0.2) is 41.8 Å². The number of carbonyl (C=O) groups excluding carboxylic acids is 1. The van der Waals surface area contributed by atoms with Gasteiger partial charge in [0.25, 0.3) is 5.91 Å². The second-order valence-corrected chi connectivity index (χ2v) is 9.70. The Bertz CT molecular complexity index is 829. The summed E-state index contributed by atoms with van der Waals surface area (Å²) in [5.74, 6) is 0.788. The summed E-state index contributed by atoms with van der Waals surface area (Å²) < 4.78 is 29.4. The van der Waals surface area contributed by atoms with Crippen LogP contribution in [0, 0.1) is 0 Å². The number of benzene rings is 1. The molecular weight excluding hydrogens is 370 g/mol. The van der Waals surface area contributed by atoms with Crippen LogP contribution in [0.1, 0.15) is 35.0 Å². The number of hydrogen-bond donors (Lipinski definition) is 0. The number of carbonyl (C=O) groups is 1. The Labute approximate surface area is 158 Å². The lowest BCUT2D eigenvalue weighted by atomic mass is 10.1. The second kappa shape index (κ2) is 8.22. The van der Waals surface area contributed by atoms with E-state index < -0.39 is 9.84 Å². The van der Waals surface area contributed by atoms with Gasteiger partial charge >= 0.3 is 0 Å². The van der Waals surface area contributed by atoms with Crippen LogP contribution < -0.4 is 4.74 Å². The molecule has 0 N–H and O–H groups in total. The first-order valence-corrected chi connectivity index (χ1v) is 11.5. The zero-order chi connectivity index (χ0) is 18.6. The van der Waals surface area contributed by atoms with Gasteiger partial charge in [-0.25, -0.2) is 8.42 Å². The topological polar surface area (TPSA) is 63.7 Å². The summed E-state index contributed by atoms with van der Waals surface area (Å²) >= 11 is 1.57. The van der Waals surface area contributed by atoms with Crippen LogP contribution in [0.3, 0.4) is 0 Å². The summed E-state index contributed by atoms with van der Waals surface area (Å²) in [4.78, 5) is 15.8. The zero-order valence-corrected chi connectivity index (χ0v) is 16.4. The molecule has 1 saturated heterocycles. The van der Waals surface area contributed by atoms with Gasteiger partial charge in [-0.05, 0) is 48.6 Å². The van der Waals surface area contributed by atoms with Crippen molar-refractivity contribution >= 4 is 27.1 Å². The molecular formula is C19H23NO4S2. The van der Waals surface area contributed by atoms with Crippen molar-refractivity contribution < 1.29 is 17.9 Å². The fraction of sp³-hybridized carbons (Fsp3) is 0.421. The number of sulfone groups is 1. The molecule has 1 aliphatic heterocycles. The van der Waals surface area contributed by atoms with E-state index in [0.29, 0.717) is 25.1 Å². The molecule has 1 aromatic carbocycles. The van der Waals surface area contributed by atoms with Crippen LogP contribution >= 0.6 is 11.3 Å². The summed E-state index contributed by atoms with van der Waals surface area (Å²) in [5, 5.41) is 1.96. The lowest BCUT2D eigenvalue weighted by Gasteiger charge is -2.28. The Morgan fingerprint density at radius 2 is 2.04 bits per heavy atom. The fourth-order valence-corrected chi connectivity index (χ4v) is 5.47. The molecule has 26 heavy (non-hydrogen) atoms. The van der Waals surface area contributed by atoms with E-state index in [1.807, 2.05) is 24.4 Å². The Morgan fingerprint density at radius 3 is 2.62 bits per heavy atom. The van der Waals surface area contributed by atoms with Gasteiger partial charge in [-0.1, -0.05) is 13.0 Å². The van der Waals surface area contributed by atoms with E-state index in [2.05, 4.69) is 0 Å². The lowest BCUT2D eigenvalue weighted by Crippen LogP contribution is -2.40. The molecule has 140 valence electrons. The van der Waals surface area contributed by atoms with Crippen LogP contribution in [0.2, 0.25) is 0 Å². The third-order valence-electron chi connectivity index (χ3n) is 4.39. The summed E-state index contributed by atoms with van der Waals surface area (Å²) in [5.41, 5.74) is 0.551. The van der Waals surface area contributed by atoms with Crippen molar-refractivity contribution in [1.29, 1.82) is 0 Å². The predicted octanol–water partition coefficient (Wildman–Crippen LogP) is 3.37. The van der Waals surface area contributed by atoms with Crippen molar-refractivity contribution in [2.75, 3.05) is 18.1 Å². The number of nitrogens with zero attached hydrogens (tertiary/aromatic N) is 1. The minimum absolute atomic E-state index is 0.0435. The molecule has 0 saturated carbocycles. The van der Waals surface area contributed by atoms with Gasteiger partial charge in [0.05, 0.1) is 24.7 Å². The quantitative estimate of drug-likeness (QED) is 0.724. The number of hydrogen-bond acceptors (Lipinski definition) is 5. The summed E-state index contributed by atoms with van der Waals surface area (Å²) in [6.07, 6.45) is 1.42. The summed E-state index contributed by atoms with van der Waals surface area (Å²) in [6.45, 7) is 3.11. The maximum Gasteiger partial charge on any atom is 0.254 e. The van der Waals surface area contributed by atoms with E-state index in [9.17, 15) is 13.2 Å². The zero-order valence-electron chi connectivity index (χ0n) is 14.8. The molecule has 0 radical (unpaired) electrons. The minimum Gasteiger partial charge on any atom is -0.494 e. The van der Waals surface area contributed by atoms with E-state index in [1.54, 1.807) is 40.5 Å². The van der Waals surface area contributed by atoms with Gasteiger partial charge in [0.1, 0.15) is 5.75 Å². The number of rotatable bonds is 7. The van der Waals surface area contributed by atoms with Crippen molar-refractivity contribution in [3.63, 3.8) is 0 Å². The van der Waals surface area contributed by atoms with E-state index in [0.717, 1.165) is 17.0 Å². The highest BCUT2D eigenvalue weighted by atomic mass is 32.2. The van der Waals surface area contributed by atoms with Crippen molar-refractivity contribution in [2.45, 2.75) is 32.4 Å². The molecule has 1 aromatic heterocycles. The monoisotopic (exact) mass is 393 g/mol. The highest BCUT2D eigenvalue weighted by Crippen LogP contribution is 2.24. The molecule has 2 aromatic rings. The van der Waals surface area contributed by atoms with Crippen molar-refractivity contribution in [2.24, 2.45) is 0 Å². The first-order valence-electron chi connectivity index (χ1n) is 8.75. The molecule has 0 bridgehead atoms. The SMILES string of the molecule is CCCOc1ccc(C(=O)N(Cc2cccs2)[C@@H]2CCS(=O)(=O)C2)cc1.